The fraction of sp³-hybridized carbons (Fsp3) is 0.0588. The Bertz CT molecular complexity index is 872. The smallest absolute Gasteiger partial charge is 0.276 e. The van der Waals surface area contributed by atoms with Gasteiger partial charge in [0, 0.05) is 31.3 Å². The Morgan fingerprint density at radius 1 is 1.21 bits per heavy atom. The maximum absolute atomic E-state index is 12.9. The number of benzene rings is 1. The fourth-order valence-electron chi connectivity index (χ4n) is 2.08. The van der Waals surface area contributed by atoms with E-state index in [1.165, 1.54) is 30.6 Å². The summed E-state index contributed by atoms with van der Waals surface area (Å²) in [7, 11) is 1.71. The van der Waals surface area contributed by atoms with Gasteiger partial charge in [-0.1, -0.05) is 0 Å². The molecule has 0 aliphatic rings. The van der Waals surface area contributed by atoms with E-state index in [1.807, 2.05) is 0 Å². The number of carbonyl (C=O) groups excluding carboxylic acids is 1. The van der Waals surface area contributed by atoms with E-state index in [2.05, 4.69) is 20.3 Å². The largest absolute Gasteiger partial charge is 0.328 e. The van der Waals surface area contributed by atoms with Crippen LogP contribution in [0.4, 0.5) is 15.9 Å². The summed E-state index contributed by atoms with van der Waals surface area (Å²) >= 11 is 0. The topological polar surface area (TPSA) is 72.2 Å². The van der Waals surface area contributed by atoms with Gasteiger partial charge < -0.3 is 9.88 Å². The molecule has 1 amide bonds. The first-order valence-electron chi connectivity index (χ1n) is 7.16. The highest BCUT2D eigenvalue weighted by molar-refractivity contribution is 6.06. The van der Waals surface area contributed by atoms with Crippen molar-refractivity contribution in [3.05, 3.63) is 72.2 Å². The molecule has 0 radical (unpaired) electrons. The minimum Gasteiger partial charge on any atom is -0.328 e. The number of aliphatic imine (C=N–C) groups is 1. The lowest BCUT2D eigenvalue weighted by molar-refractivity contribution is 0.102. The van der Waals surface area contributed by atoms with Crippen LogP contribution < -0.4 is 5.32 Å². The molecule has 0 saturated carbocycles. The molecule has 7 heteroatoms. The number of carbonyl (C=O) groups is 1. The number of rotatable bonds is 4. The Labute approximate surface area is 137 Å². The van der Waals surface area contributed by atoms with E-state index in [4.69, 9.17) is 0 Å². The number of pyridine rings is 1. The molecule has 6 nitrogen and oxygen atoms in total. The van der Waals surface area contributed by atoms with Crippen molar-refractivity contribution in [2.45, 2.75) is 0 Å². The Morgan fingerprint density at radius 3 is 2.62 bits per heavy atom. The molecule has 2 aromatic heterocycles. The summed E-state index contributed by atoms with van der Waals surface area (Å²) in [4.78, 5) is 24.8. The lowest BCUT2D eigenvalue weighted by Crippen LogP contribution is -2.15. The summed E-state index contributed by atoms with van der Waals surface area (Å²) in [5.41, 5.74) is 1.65. The SMILES string of the molecule is Cn1cnc(/N=C/c2ccncc2)c1C(=O)Nc1ccc(F)cc1. The zero-order valence-corrected chi connectivity index (χ0v) is 12.8. The predicted molar refractivity (Wildman–Crippen MR) is 89.1 cm³/mol. The molecule has 1 N–H and O–H groups in total. The van der Waals surface area contributed by atoms with Gasteiger partial charge in [0.1, 0.15) is 5.82 Å². The second-order valence-corrected chi connectivity index (χ2v) is 5.03. The average molecular weight is 323 g/mol. The van der Waals surface area contributed by atoms with E-state index in [9.17, 15) is 9.18 Å². The van der Waals surface area contributed by atoms with E-state index in [0.29, 0.717) is 17.2 Å². The predicted octanol–water partition coefficient (Wildman–Crippen LogP) is 2.96. The number of aromatic nitrogens is 3. The van der Waals surface area contributed by atoms with E-state index >= 15 is 0 Å². The van der Waals surface area contributed by atoms with Crippen LogP contribution in [0.25, 0.3) is 0 Å². The van der Waals surface area contributed by atoms with Gasteiger partial charge in [-0.25, -0.2) is 14.4 Å². The number of imidazole rings is 1. The second-order valence-electron chi connectivity index (χ2n) is 5.03. The third-order valence-corrected chi connectivity index (χ3v) is 3.28. The summed E-state index contributed by atoms with van der Waals surface area (Å²) in [6.07, 6.45) is 6.43. The van der Waals surface area contributed by atoms with Crippen molar-refractivity contribution in [2.24, 2.45) is 12.0 Å². The lowest BCUT2D eigenvalue weighted by atomic mass is 10.3. The van der Waals surface area contributed by atoms with Gasteiger partial charge >= 0.3 is 0 Å². The van der Waals surface area contributed by atoms with Crippen LogP contribution in [0.2, 0.25) is 0 Å². The zero-order valence-electron chi connectivity index (χ0n) is 12.8. The number of hydrogen-bond donors (Lipinski definition) is 1. The fourth-order valence-corrected chi connectivity index (χ4v) is 2.08. The van der Waals surface area contributed by atoms with Crippen LogP contribution >= 0.6 is 0 Å². The first-order valence-corrected chi connectivity index (χ1v) is 7.16. The normalized spacial score (nSPS) is 10.9. The van der Waals surface area contributed by atoms with Crippen molar-refractivity contribution >= 4 is 23.6 Å². The van der Waals surface area contributed by atoms with Gasteiger partial charge in [-0.2, -0.15) is 0 Å². The van der Waals surface area contributed by atoms with Gasteiger partial charge in [0.05, 0.1) is 6.33 Å². The molecule has 0 atom stereocenters. The molecule has 120 valence electrons. The Kier molecular flexibility index (Phi) is 4.42. The minimum absolute atomic E-state index is 0.300. The maximum Gasteiger partial charge on any atom is 0.276 e. The number of amides is 1. The Hall–Kier alpha value is -3.35. The van der Waals surface area contributed by atoms with Crippen LogP contribution in [-0.2, 0) is 7.05 Å². The van der Waals surface area contributed by atoms with E-state index in [1.54, 1.807) is 42.4 Å². The van der Waals surface area contributed by atoms with Crippen LogP contribution in [-0.4, -0.2) is 26.7 Å². The summed E-state index contributed by atoms with van der Waals surface area (Å²) in [6, 6.07) is 9.13. The van der Waals surface area contributed by atoms with Gasteiger partial charge in [-0.15, -0.1) is 0 Å². The van der Waals surface area contributed by atoms with Crippen molar-refractivity contribution in [1.82, 2.24) is 14.5 Å². The quantitative estimate of drug-likeness (QED) is 0.750. The van der Waals surface area contributed by atoms with Gasteiger partial charge in [0.2, 0.25) is 0 Å². The molecule has 0 aliphatic carbocycles. The van der Waals surface area contributed by atoms with E-state index in [-0.39, 0.29) is 11.7 Å². The van der Waals surface area contributed by atoms with Crippen molar-refractivity contribution < 1.29 is 9.18 Å². The second kappa shape index (κ2) is 6.82. The number of nitrogens with one attached hydrogen (secondary N) is 1. The van der Waals surface area contributed by atoms with Crippen LogP contribution in [0.15, 0.2) is 60.1 Å². The van der Waals surface area contributed by atoms with Crippen LogP contribution in [0, 0.1) is 5.82 Å². The van der Waals surface area contributed by atoms with Crippen molar-refractivity contribution in [3.63, 3.8) is 0 Å². The molecule has 0 spiro atoms. The van der Waals surface area contributed by atoms with Crippen molar-refractivity contribution in [2.75, 3.05) is 5.32 Å². The molecule has 3 rings (SSSR count). The molecule has 0 aliphatic heterocycles. The Balaban J connectivity index is 1.83. The molecule has 1 aromatic carbocycles. The van der Waals surface area contributed by atoms with Gasteiger partial charge in [-0.05, 0) is 42.0 Å². The van der Waals surface area contributed by atoms with Crippen LogP contribution in [0.3, 0.4) is 0 Å². The molecule has 3 aromatic rings. The molecule has 0 saturated heterocycles. The number of nitrogens with zero attached hydrogens (tertiary/aromatic N) is 4. The molecule has 0 unspecified atom stereocenters. The number of anilines is 1. The Morgan fingerprint density at radius 2 is 1.92 bits per heavy atom. The summed E-state index contributed by atoms with van der Waals surface area (Å²) in [5, 5.41) is 2.70. The molecule has 2 heterocycles. The minimum atomic E-state index is -0.372. The van der Waals surface area contributed by atoms with Gasteiger partial charge in [0.15, 0.2) is 11.5 Å². The third kappa shape index (κ3) is 3.52. The molecule has 0 fully saturated rings. The highest BCUT2D eigenvalue weighted by atomic mass is 19.1. The first kappa shape index (κ1) is 15.5. The van der Waals surface area contributed by atoms with Crippen molar-refractivity contribution in [3.8, 4) is 0 Å². The maximum atomic E-state index is 12.9. The highest BCUT2D eigenvalue weighted by Gasteiger charge is 2.16. The van der Waals surface area contributed by atoms with Crippen LogP contribution in [0.1, 0.15) is 16.1 Å². The molecule has 0 bridgehead atoms. The monoisotopic (exact) mass is 323 g/mol. The zero-order chi connectivity index (χ0) is 16.9. The lowest BCUT2D eigenvalue weighted by Gasteiger charge is -2.06. The molecular formula is C17H14FN5O. The molecule has 24 heavy (non-hydrogen) atoms. The first-order chi connectivity index (χ1) is 11.6. The van der Waals surface area contributed by atoms with E-state index < -0.39 is 0 Å². The summed E-state index contributed by atoms with van der Waals surface area (Å²) in [6.45, 7) is 0. The number of aryl methyl sites for hydroxylation is 1. The summed E-state index contributed by atoms with van der Waals surface area (Å²) in [5.74, 6) is -0.436. The van der Waals surface area contributed by atoms with Crippen molar-refractivity contribution in [1.29, 1.82) is 0 Å². The summed E-state index contributed by atoms with van der Waals surface area (Å²) < 4.78 is 14.5. The number of hydrogen-bond acceptors (Lipinski definition) is 4. The van der Waals surface area contributed by atoms with Crippen LogP contribution in [0.5, 0.6) is 0 Å². The molecular weight excluding hydrogens is 309 g/mol. The number of halogens is 1. The highest BCUT2D eigenvalue weighted by Crippen LogP contribution is 2.18. The van der Waals surface area contributed by atoms with E-state index in [0.717, 1.165) is 5.56 Å². The average Bonchev–Trinajstić information content (AvgIpc) is 2.97. The van der Waals surface area contributed by atoms with Gasteiger partial charge in [-0.3, -0.25) is 9.78 Å². The van der Waals surface area contributed by atoms with Gasteiger partial charge in [0.25, 0.3) is 5.91 Å². The standard InChI is InChI=1S/C17H14FN5O/c1-23-11-21-16(20-10-12-6-8-19-9-7-12)15(23)17(24)22-14-4-2-13(18)3-5-14/h2-11H,1H3,(H,22,24)/b20-10+. The third-order valence-electron chi connectivity index (χ3n) is 3.28.